The van der Waals surface area contributed by atoms with E-state index in [9.17, 15) is 4.79 Å². The lowest BCUT2D eigenvalue weighted by Gasteiger charge is -1.91. The van der Waals surface area contributed by atoms with Crippen molar-refractivity contribution in [2.45, 2.75) is 20.8 Å². The van der Waals surface area contributed by atoms with Gasteiger partial charge in [0.15, 0.2) is 0 Å². The summed E-state index contributed by atoms with van der Waals surface area (Å²) < 4.78 is 0. The minimum Gasteiger partial charge on any atom is -0.298 e. The Morgan fingerprint density at radius 3 is 2.27 bits per heavy atom. The number of hydrogen-bond donors (Lipinski definition) is 0. The summed E-state index contributed by atoms with van der Waals surface area (Å²) in [5.74, 6) is 0. The van der Waals surface area contributed by atoms with Gasteiger partial charge in [0.25, 0.3) is 0 Å². The first-order chi connectivity index (χ1) is 5.24. The van der Waals surface area contributed by atoms with Crippen molar-refractivity contribution in [1.82, 2.24) is 0 Å². The molecular formula is C10H14O. The first kappa shape index (κ1) is 9.89. The minimum absolute atomic E-state index is 0.746. The molecule has 0 fully saturated rings. The Morgan fingerprint density at radius 2 is 1.91 bits per heavy atom. The van der Waals surface area contributed by atoms with E-state index in [1.165, 1.54) is 0 Å². The molecule has 0 aromatic carbocycles. The Labute approximate surface area is 68.1 Å². The van der Waals surface area contributed by atoms with Crippen molar-refractivity contribution >= 4 is 6.29 Å². The second-order valence-electron chi connectivity index (χ2n) is 2.29. The first-order valence-corrected chi connectivity index (χ1v) is 3.67. The number of rotatable bonds is 3. The zero-order valence-corrected chi connectivity index (χ0v) is 7.29. The van der Waals surface area contributed by atoms with E-state index in [-0.39, 0.29) is 0 Å². The number of hydrogen-bond acceptors (Lipinski definition) is 1. The molecule has 0 aliphatic heterocycles. The van der Waals surface area contributed by atoms with Crippen molar-refractivity contribution in [3.8, 4) is 0 Å². The molecular weight excluding hydrogens is 136 g/mol. The van der Waals surface area contributed by atoms with Gasteiger partial charge in [0.2, 0.25) is 0 Å². The first-order valence-electron chi connectivity index (χ1n) is 3.67. The maximum Gasteiger partial charge on any atom is 0.145 e. The van der Waals surface area contributed by atoms with Gasteiger partial charge < -0.3 is 0 Å². The van der Waals surface area contributed by atoms with Crippen LogP contribution in [-0.2, 0) is 4.79 Å². The van der Waals surface area contributed by atoms with Crippen LogP contribution in [0.3, 0.4) is 0 Å². The fourth-order valence-electron chi connectivity index (χ4n) is 0.717. The van der Waals surface area contributed by atoms with Crippen molar-refractivity contribution in [2.24, 2.45) is 0 Å². The summed E-state index contributed by atoms with van der Waals surface area (Å²) in [5, 5.41) is 0. The molecule has 0 aliphatic carbocycles. The summed E-state index contributed by atoms with van der Waals surface area (Å²) in [6, 6.07) is 0. The van der Waals surface area contributed by atoms with Crippen molar-refractivity contribution in [1.29, 1.82) is 0 Å². The molecule has 1 heteroatoms. The summed E-state index contributed by atoms with van der Waals surface area (Å²) in [6.07, 6.45) is 8.59. The van der Waals surface area contributed by atoms with Crippen LogP contribution >= 0.6 is 0 Å². The molecule has 0 spiro atoms. The van der Waals surface area contributed by atoms with E-state index in [4.69, 9.17) is 0 Å². The molecule has 0 atom stereocenters. The molecule has 0 saturated carbocycles. The highest BCUT2D eigenvalue weighted by Gasteiger charge is 1.86. The molecule has 60 valence electrons. The van der Waals surface area contributed by atoms with Crippen molar-refractivity contribution < 1.29 is 4.79 Å². The second kappa shape index (κ2) is 5.66. The predicted molar refractivity (Wildman–Crippen MR) is 48.4 cm³/mol. The van der Waals surface area contributed by atoms with E-state index in [2.05, 4.69) is 0 Å². The summed E-state index contributed by atoms with van der Waals surface area (Å²) in [7, 11) is 0. The summed E-state index contributed by atoms with van der Waals surface area (Å²) in [4.78, 5) is 10.2. The van der Waals surface area contributed by atoms with E-state index in [0.29, 0.717) is 0 Å². The van der Waals surface area contributed by atoms with Gasteiger partial charge in [-0.1, -0.05) is 18.2 Å². The maximum atomic E-state index is 10.2. The lowest BCUT2D eigenvalue weighted by molar-refractivity contribution is -0.104. The standard InChI is InChI=1S/C10H14O/c1-4-6-10(5-2)7-9(3)8-11/h4-8H,1-3H3/b6-4-,9-7+,10-5+. The van der Waals surface area contributed by atoms with Crippen LogP contribution in [0.1, 0.15) is 20.8 Å². The highest BCUT2D eigenvalue weighted by molar-refractivity contribution is 5.73. The van der Waals surface area contributed by atoms with Gasteiger partial charge in [-0.15, -0.1) is 0 Å². The number of aldehydes is 1. The van der Waals surface area contributed by atoms with Gasteiger partial charge in [-0.3, -0.25) is 4.79 Å². The molecule has 0 rings (SSSR count). The fraction of sp³-hybridized carbons (Fsp3) is 0.300. The Kier molecular flexibility index (Phi) is 5.09. The van der Waals surface area contributed by atoms with E-state index in [1.54, 1.807) is 6.92 Å². The van der Waals surface area contributed by atoms with Crippen LogP contribution in [0.2, 0.25) is 0 Å². The van der Waals surface area contributed by atoms with Gasteiger partial charge in [-0.2, -0.15) is 0 Å². The lowest BCUT2D eigenvalue weighted by atomic mass is 10.1. The number of allylic oxidation sites excluding steroid dienone is 6. The molecule has 0 amide bonds. The lowest BCUT2D eigenvalue weighted by Crippen LogP contribution is -1.78. The molecule has 0 radical (unpaired) electrons. The minimum atomic E-state index is 0.746. The molecule has 0 aromatic rings. The Morgan fingerprint density at radius 1 is 1.27 bits per heavy atom. The van der Waals surface area contributed by atoms with Crippen molar-refractivity contribution in [3.05, 3.63) is 35.5 Å². The zero-order chi connectivity index (χ0) is 8.69. The molecule has 0 unspecified atom stereocenters. The monoisotopic (exact) mass is 150 g/mol. The molecule has 0 N–H and O–H groups in total. The normalized spacial score (nSPS) is 14.1. The van der Waals surface area contributed by atoms with Gasteiger partial charge in [0, 0.05) is 0 Å². The Balaban J connectivity index is 4.43. The summed E-state index contributed by atoms with van der Waals surface area (Å²) in [5.41, 5.74) is 1.81. The second-order valence-corrected chi connectivity index (χ2v) is 2.29. The van der Waals surface area contributed by atoms with Gasteiger partial charge in [0.1, 0.15) is 6.29 Å². The molecule has 0 bridgehead atoms. The molecule has 0 heterocycles. The van der Waals surface area contributed by atoms with E-state index >= 15 is 0 Å². The van der Waals surface area contributed by atoms with Gasteiger partial charge in [-0.25, -0.2) is 0 Å². The third kappa shape index (κ3) is 4.31. The maximum absolute atomic E-state index is 10.2. The van der Waals surface area contributed by atoms with Crippen LogP contribution in [0.15, 0.2) is 35.5 Å². The van der Waals surface area contributed by atoms with Crippen molar-refractivity contribution in [2.75, 3.05) is 0 Å². The smallest absolute Gasteiger partial charge is 0.145 e. The van der Waals surface area contributed by atoms with E-state index in [1.807, 2.05) is 38.2 Å². The highest BCUT2D eigenvalue weighted by atomic mass is 16.1. The SMILES string of the molecule is C\C=C/C(/C=C(\C)C=O)=C\C. The average Bonchev–Trinajstić information content (AvgIpc) is 2.03. The van der Waals surface area contributed by atoms with Crippen LogP contribution < -0.4 is 0 Å². The van der Waals surface area contributed by atoms with Crippen molar-refractivity contribution in [3.63, 3.8) is 0 Å². The van der Waals surface area contributed by atoms with Gasteiger partial charge >= 0.3 is 0 Å². The fourth-order valence-corrected chi connectivity index (χ4v) is 0.717. The molecule has 0 saturated heterocycles. The van der Waals surface area contributed by atoms with E-state index < -0.39 is 0 Å². The quantitative estimate of drug-likeness (QED) is 0.343. The predicted octanol–water partition coefficient (Wildman–Crippen LogP) is 2.65. The van der Waals surface area contributed by atoms with Crippen LogP contribution in [-0.4, -0.2) is 6.29 Å². The van der Waals surface area contributed by atoms with Gasteiger partial charge in [0.05, 0.1) is 0 Å². The van der Waals surface area contributed by atoms with Crippen LogP contribution in [0, 0.1) is 0 Å². The summed E-state index contributed by atoms with van der Waals surface area (Å²) >= 11 is 0. The van der Waals surface area contributed by atoms with Crippen LogP contribution in [0.5, 0.6) is 0 Å². The number of carbonyl (C=O) groups is 1. The third-order valence-electron chi connectivity index (χ3n) is 1.27. The van der Waals surface area contributed by atoms with Gasteiger partial charge in [-0.05, 0) is 38.0 Å². The number of carbonyl (C=O) groups excluding carboxylic acids is 1. The zero-order valence-electron chi connectivity index (χ0n) is 7.29. The average molecular weight is 150 g/mol. The largest absolute Gasteiger partial charge is 0.298 e. The Bertz CT molecular complexity index is 207. The molecule has 0 aromatic heterocycles. The van der Waals surface area contributed by atoms with E-state index in [0.717, 1.165) is 17.4 Å². The third-order valence-corrected chi connectivity index (χ3v) is 1.27. The molecule has 0 aliphatic rings. The highest BCUT2D eigenvalue weighted by Crippen LogP contribution is 2.02. The summed E-state index contributed by atoms with van der Waals surface area (Å²) in [6.45, 7) is 5.69. The topological polar surface area (TPSA) is 17.1 Å². The van der Waals surface area contributed by atoms with Crippen LogP contribution in [0.4, 0.5) is 0 Å². The molecule has 11 heavy (non-hydrogen) atoms. The van der Waals surface area contributed by atoms with Crippen LogP contribution in [0.25, 0.3) is 0 Å². The molecule has 1 nitrogen and oxygen atoms in total. The Hall–Kier alpha value is -1.11.